The molecule has 1 unspecified atom stereocenters. The van der Waals surface area contributed by atoms with E-state index in [1.165, 1.54) is 6.07 Å². The van der Waals surface area contributed by atoms with Crippen molar-refractivity contribution in [3.8, 4) is 0 Å². The zero-order valence-corrected chi connectivity index (χ0v) is 12.6. The van der Waals surface area contributed by atoms with Crippen molar-refractivity contribution in [1.82, 2.24) is 9.88 Å². The van der Waals surface area contributed by atoms with E-state index >= 15 is 0 Å². The highest BCUT2D eigenvalue weighted by Crippen LogP contribution is 2.17. The second-order valence-electron chi connectivity index (χ2n) is 4.35. The molecule has 0 bridgehead atoms. The van der Waals surface area contributed by atoms with Crippen molar-refractivity contribution in [2.24, 2.45) is 0 Å². The maximum Gasteiger partial charge on any atom is 0.257 e. The molecule has 1 aromatic rings. The number of hydrogen-bond acceptors (Lipinski definition) is 4. The highest BCUT2D eigenvalue weighted by Gasteiger charge is 2.21. The number of rotatable bonds is 6. The molecule has 1 heterocycles. The van der Waals surface area contributed by atoms with Crippen LogP contribution in [0.3, 0.4) is 0 Å². The third-order valence-corrected chi connectivity index (χ3v) is 3.69. The van der Waals surface area contributed by atoms with E-state index in [0.29, 0.717) is 5.82 Å². The van der Waals surface area contributed by atoms with Gasteiger partial charge in [-0.3, -0.25) is 4.79 Å². The molecule has 1 amide bonds. The third kappa shape index (κ3) is 4.09. The van der Waals surface area contributed by atoms with Crippen LogP contribution in [-0.4, -0.2) is 47.9 Å². The van der Waals surface area contributed by atoms with Gasteiger partial charge in [-0.2, -0.15) is 11.8 Å². The predicted octanol–water partition coefficient (Wildman–Crippen LogP) is 2.48. The summed E-state index contributed by atoms with van der Waals surface area (Å²) >= 11 is 1.74. The summed E-state index contributed by atoms with van der Waals surface area (Å²) in [7, 11) is 3.39. The fourth-order valence-electron chi connectivity index (χ4n) is 1.67. The normalized spacial score (nSPS) is 12.1. The lowest BCUT2D eigenvalue weighted by Crippen LogP contribution is -2.36. The topological polar surface area (TPSA) is 45.2 Å². The highest BCUT2D eigenvalue weighted by molar-refractivity contribution is 7.98. The van der Waals surface area contributed by atoms with Crippen LogP contribution in [0.4, 0.5) is 10.2 Å². The van der Waals surface area contributed by atoms with Crippen LogP contribution >= 0.6 is 11.8 Å². The average molecular weight is 285 g/mol. The first-order valence-corrected chi connectivity index (χ1v) is 7.50. The van der Waals surface area contributed by atoms with Crippen molar-refractivity contribution in [2.75, 3.05) is 31.4 Å². The molecule has 1 atom stereocenters. The molecule has 0 saturated heterocycles. The summed E-state index contributed by atoms with van der Waals surface area (Å²) in [5, 5.41) is 2.81. The fourth-order valence-corrected chi connectivity index (χ4v) is 2.25. The van der Waals surface area contributed by atoms with Crippen LogP contribution in [0.2, 0.25) is 0 Å². The van der Waals surface area contributed by atoms with E-state index in [-0.39, 0.29) is 17.5 Å². The molecular formula is C13H20FN3OS. The molecule has 1 N–H and O–H groups in total. The number of halogens is 1. The van der Waals surface area contributed by atoms with Crippen LogP contribution in [0.15, 0.2) is 12.3 Å². The first-order valence-electron chi connectivity index (χ1n) is 6.10. The fraction of sp³-hybridized carbons (Fsp3) is 0.538. The van der Waals surface area contributed by atoms with Gasteiger partial charge < -0.3 is 10.2 Å². The number of carbonyl (C=O) groups is 1. The van der Waals surface area contributed by atoms with Crippen molar-refractivity contribution < 1.29 is 9.18 Å². The molecule has 0 aromatic carbocycles. The summed E-state index contributed by atoms with van der Waals surface area (Å²) in [5.41, 5.74) is 0.265. The van der Waals surface area contributed by atoms with Crippen LogP contribution in [0, 0.1) is 5.82 Å². The molecule has 4 nitrogen and oxygen atoms in total. The van der Waals surface area contributed by atoms with Gasteiger partial charge in [0.1, 0.15) is 11.6 Å². The Kier molecular flexibility index (Phi) is 6.08. The molecule has 0 aliphatic rings. The summed E-state index contributed by atoms with van der Waals surface area (Å²) in [6.45, 7) is 1.99. The van der Waals surface area contributed by atoms with Crippen LogP contribution < -0.4 is 5.32 Å². The zero-order chi connectivity index (χ0) is 14.4. The van der Waals surface area contributed by atoms with E-state index in [2.05, 4.69) is 10.3 Å². The van der Waals surface area contributed by atoms with Crippen molar-refractivity contribution in [3.05, 3.63) is 23.6 Å². The first kappa shape index (κ1) is 15.8. The van der Waals surface area contributed by atoms with E-state index in [9.17, 15) is 9.18 Å². The average Bonchev–Trinajstić information content (AvgIpc) is 2.42. The minimum absolute atomic E-state index is 0.105. The van der Waals surface area contributed by atoms with Crippen LogP contribution in [-0.2, 0) is 0 Å². The molecule has 0 fully saturated rings. The molecule has 6 heteroatoms. The Labute approximate surface area is 117 Å². The van der Waals surface area contributed by atoms with Crippen LogP contribution in [0.5, 0.6) is 0 Å². The molecule has 19 heavy (non-hydrogen) atoms. The quantitative estimate of drug-likeness (QED) is 0.872. The van der Waals surface area contributed by atoms with Crippen molar-refractivity contribution >= 4 is 23.5 Å². The van der Waals surface area contributed by atoms with Crippen molar-refractivity contribution in [2.45, 2.75) is 19.4 Å². The first-order chi connectivity index (χ1) is 9.01. The molecular weight excluding hydrogens is 265 g/mol. The Morgan fingerprint density at radius 3 is 2.89 bits per heavy atom. The second kappa shape index (κ2) is 7.33. The molecule has 1 aromatic heterocycles. The zero-order valence-electron chi connectivity index (χ0n) is 11.7. The summed E-state index contributed by atoms with van der Waals surface area (Å²) in [6, 6.07) is 1.33. The minimum atomic E-state index is -0.507. The van der Waals surface area contributed by atoms with Gasteiger partial charge in [-0.1, -0.05) is 0 Å². The van der Waals surface area contributed by atoms with Crippen LogP contribution in [0.25, 0.3) is 0 Å². The van der Waals surface area contributed by atoms with Crippen molar-refractivity contribution in [1.29, 1.82) is 0 Å². The lowest BCUT2D eigenvalue weighted by atomic mass is 10.1. The summed E-state index contributed by atoms with van der Waals surface area (Å²) in [4.78, 5) is 17.9. The number of pyridine rings is 1. The monoisotopic (exact) mass is 285 g/mol. The second-order valence-corrected chi connectivity index (χ2v) is 5.33. The number of nitrogens with one attached hydrogen (secondary N) is 1. The third-order valence-electron chi connectivity index (χ3n) is 3.04. The van der Waals surface area contributed by atoms with E-state index in [1.807, 2.05) is 13.2 Å². The lowest BCUT2D eigenvalue weighted by molar-refractivity contribution is 0.0741. The molecule has 0 aliphatic carbocycles. The maximum atomic E-state index is 13.2. The Bertz CT molecular complexity index is 442. The molecule has 0 saturated carbocycles. The van der Waals surface area contributed by atoms with E-state index < -0.39 is 5.82 Å². The van der Waals surface area contributed by atoms with Gasteiger partial charge >= 0.3 is 0 Å². The van der Waals surface area contributed by atoms with Crippen molar-refractivity contribution in [3.63, 3.8) is 0 Å². The van der Waals surface area contributed by atoms with Gasteiger partial charge in [-0.25, -0.2) is 9.37 Å². The summed E-state index contributed by atoms with van der Waals surface area (Å²) in [6.07, 6.45) is 4.03. The number of carbonyl (C=O) groups excluding carboxylic acids is 1. The van der Waals surface area contributed by atoms with Gasteiger partial charge in [0, 0.05) is 20.1 Å². The van der Waals surface area contributed by atoms with Gasteiger partial charge in [0.2, 0.25) is 0 Å². The minimum Gasteiger partial charge on any atom is -0.372 e. The summed E-state index contributed by atoms with van der Waals surface area (Å²) in [5.74, 6) is 0.659. The molecule has 106 valence electrons. The smallest absolute Gasteiger partial charge is 0.257 e. The molecule has 0 spiro atoms. The van der Waals surface area contributed by atoms with E-state index in [4.69, 9.17) is 0 Å². The Morgan fingerprint density at radius 1 is 1.63 bits per heavy atom. The van der Waals surface area contributed by atoms with Crippen LogP contribution in [0.1, 0.15) is 23.7 Å². The Morgan fingerprint density at radius 2 is 2.32 bits per heavy atom. The predicted molar refractivity (Wildman–Crippen MR) is 78.3 cm³/mol. The molecule has 0 aliphatic heterocycles. The summed E-state index contributed by atoms with van der Waals surface area (Å²) < 4.78 is 13.2. The number of hydrogen-bond donors (Lipinski definition) is 1. The van der Waals surface area contributed by atoms with Gasteiger partial charge in [-0.05, 0) is 31.4 Å². The standard InChI is InChI=1S/C13H20FN3OS/c1-9(5-6-19-4)17(3)13(18)11-7-10(14)8-16-12(11)15-2/h7-9H,5-6H2,1-4H3,(H,15,16). The van der Waals surface area contributed by atoms with E-state index in [1.54, 1.807) is 30.8 Å². The molecule has 0 radical (unpaired) electrons. The SMILES string of the molecule is CNc1ncc(F)cc1C(=O)N(C)C(C)CCSC. The number of nitrogens with zero attached hydrogens (tertiary/aromatic N) is 2. The number of amides is 1. The van der Waals surface area contributed by atoms with Gasteiger partial charge in [0.15, 0.2) is 0 Å². The van der Waals surface area contributed by atoms with Gasteiger partial charge in [0.05, 0.1) is 11.8 Å². The Hall–Kier alpha value is -1.30. The highest BCUT2D eigenvalue weighted by atomic mass is 32.2. The largest absolute Gasteiger partial charge is 0.372 e. The maximum absolute atomic E-state index is 13.2. The number of anilines is 1. The molecule has 1 rings (SSSR count). The van der Waals surface area contributed by atoms with E-state index in [0.717, 1.165) is 18.4 Å². The number of thioether (sulfide) groups is 1. The van der Waals surface area contributed by atoms with Gasteiger partial charge in [-0.15, -0.1) is 0 Å². The Balaban J connectivity index is 2.89. The number of aromatic nitrogens is 1. The van der Waals surface area contributed by atoms with Gasteiger partial charge in [0.25, 0.3) is 5.91 Å². The lowest BCUT2D eigenvalue weighted by Gasteiger charge is -2.25.